The van der Waals surface area contributed by atoms with Crippen LogP contribution in [0.4, 0.5) is 24.5 Å². The Bertz CT molecular complexity index is 925. The highest BCUT2D eigenvalue weighted by molar-refractivity contribution is 14.1. The van der Waals surface area contributed by atoms with Gasteiger partial charge in [0.15, 0.2) is 17.5 Å². The van der Waals surface area contributed by atoms with Crippen LogP contribution in [-0.4, -0.2) is 34.4 Å². The third-order valence-electron chi connectivity index (χ3n) is 4.24. The number of carbonyl (C=O) groups excluding carboxylic acids is 1. The fraction of sp³-hybridized carbons (Fsp3) is 0.316. The number of aliphatic hydroxyl groups is 2. The van der Waals surface area contributed by atoms with Crippen molar-refractivity contribution in [1.82, 2.24) is 5.48 Å². The molecule has 0 fully saturated rings. The van der Waals surface area contributed by atoms with Gasteiger partial charge in [0.2, 0.25) is 0 Å². The number of rotatable bonds is 7. The van der Waals surface area contributed by atoms with Crippen molar-refractivity contribution in [3.05, 3.63) is 56.4 Å². The topological polar surface area (TPSA) is 90.8 Å². The van der Waals surface area contributed by atoms with Gasteiger partial charge < -0.3 is 15.5 Å². The molecule has 2 rings (SSSR count). The van der Waals surface area contributed by atoms with Gasteiger partial charge in [0.1, 0.15) is 11.7 Å². The van der Waals surface area contributed by atoms with E-state index in [0.717, 1.165) is 3.57 Å². The Morgan fingerprint density at radius 1 is 1.24 bits per heavy atom. The highest BCUT2D eigenvalue weighted by Gasteiger charge is 2.31. The number of anilines is 2. The molecule has 0 aliphatic rings. The second-order valence-corrected chi connectivity index (χ2v) is 8.07. The summed E-state index contributed by atoms with van der Waals surface area (Å²) in [7, 11) is 0. The standard InChI is InChI=1S/C19H20F3IN2O4/c1-9-6-10(23)4-5-13(9)24-17-11(7-12(20)15(21)16(17)22)18(28)25-29-19(2,3)14(27)8-26/h4-7,14,24,26-27H,8H2,1-3H3,(H,25,28). The smallest absolute Gasteiger partial charge is 0.277 e. The van der Waals surface area contributed by atoms with Gasteiger partial charge in [0.25, 0.3) is 5.91 Å². The summed E-state index contributed by atoms with van der Waals surface area (Å²) < 4.78 is 43.0. The molecular weight excluding hydrogens is 504 g/mol. The second kappa shape index (κ2) is 9.28. The van der Waals surface area contributed by atoms with E-state index in [0.29, 0.717) is 17.3 Å². The van der Waals surface area contributed by atoms with Crippen LogP contribution in [0.2, 0.25) is 0 Å². The van der Waals surface area contributed by atoms with E-state index in [2.05, 4.69) is 27.9 Å². The summed E-state index contributed by atoms with van der Waals surface area (Å²) in [6.45, 7) is 3.85. The summed E-state index contributed by atoms with van der Waals surface area (Å²) in [4.78, 5) is 17.6. The number of hydroxylamine groups is 1. The van der Waals surface area contributed by atoms with Crippen molar-refractivity contribution in [2.24, 2.45) is 0 Å². The van der Waals surface area contributed by atoms with Gasteiger partial charge in [-0.1, -0.05) is 0 Å². The van der Waals surface area contributed by atoms with E-state index in [9.17, 15) is 23.1 Å². The zero-order chi connectivity index (χ0) is 21.9. The lowest BCUT2D eigenvalue weighted by molar-refractivity contribution is -0.144. The molecule has 2 aromatic rings. The fourth-order valence-corrected chi connectivity index (χ4v) is 2.97. The van der Waals surface area contributed by atoms with Crippen LogP contribution in [0.3, 0.4) is 0 Å². The summed E-state index contributed by atoms with van der Waals surface area (Å²) in [6.07, 6.45) is -1.34. The van der Waals surface area contributed by atoms with Crippen LogP contribution in [0.1, 0.15) is 29.8 Å². The van der Waals surface area contributed by atoms with Gasteiger partial charge in [-0.15, -0.1) is 0 Å². The summed E-state index contributed by atoms with van der Waals surface area (Å²) >= 11 is 2.08. The fourth-order valence-electron chi connectivity index (χ4n) is 2.32. The largest absolute Gasteiger partial charge is 0.394 e. The zero-order valence-electron chi connectivity index (χ0n) is 15.8. The predicted molar refractivity (Wildman–Crippen MR) is 109 cm³/mol. The minimum Gasteiger partial charge on any atom is -0.394 e. The molecule has 6 nitrogen and oxygen atoms in total. The highest BCUT2D eigenvalue weighted by atomic mass is 127. The number of amides is 1. The molecule has 0 saturated carbocycles. The minimum absolute atomic E-state index is 0.390. The number of hydrogen-bond donors (Lipinski definition) is 4. The molecule has 10 heteroatoms. The number of aryl methyl sites for hydroxylation is 1. The van der Waals surface area contributed by atoms with Crippen LogP contribution in [0, 0.1) is 27.9 Å². The maximum absolute atomic E-state index is 14.5. The molecule has 1 amide bonds. The lowest BCUT2D eigenvalue weighted by Crippen LogP contribution is -2.46. The molecule has 2 aromatic carbocycles. The number of hydrogen-bond acceptors (Lipinski definition) is 5. The van der Waals surface area contributed by atoms with Crippen LogP contribution < -0.4 is 10.8 Å². The van der Waals surface area contributed by atoms with Gasteiger partial charge >= 0.3 is 0 Å². The van der Waals surface area contributed by atoms with Crippen LogP contribution in [0.25, 0.3) is 0 Å². The van der Waals surface area contributed by atoms with Crippen molar-refractivity contribution < 1.29 is 33.0 Å². The average molecular weight is 524 g/mol. The van der Waals surface area contributed by atoms with Crippen LogP contribution in [0.15, 0.2) is 24.3 Å². The van der Waals surface area contributed by atoms with Crippen LogP contribution in [-0.2, 0) is 4.84 Å². The Kier molecular flexibility index (Phi) is 7.49. The molecule has 158 valence electrons. The Morgan fingerprint density at radius 2 is 1.90 bits per heavy atom. The van der Waals surface area contributed by atoms with Crippen LogP contribution >= 0.6 is 22.6 Å². The number of halogens is 4. The lowest BCUT2D eigenvalue weighted by Gasteiger charge is -2.28. The van der Waals surface area contributed by atoms with Crippen molar-refractivity contribution >= 4 is 39.9 Å². The molecule has 0 bridgehead atoms. The normalized spacial score (nSPS) is 12.6. The lowest BCUT2D eigenvalue weighted by atomic mass is 10.0. The van der Waals surface area contributed by atoms with Gasteiger partial charge in [0, 0.05) is 9.26 Å². The predicted octanol–water partition coefficient (Wildman–Crippen LogP) is 3.55. The zero-order valence-corrected chi connectivity index (χ0v) is 18.0. The van der Waals surface area contributed by atoms with Crippen molar-refractivity contribution in [2.45, 2.75) is 32.5 Å². The Labute approximate surface area is 179 Å². The molecule has 0 radical (unpaired) electrons. The van der Waals surface area contributed by atoms with Gasteiger partial charge in [-0.2, -0.15) is 0 Å². The van der Waals surface area contributed by atoms with E-state index in [1.807, 2.05) is 5.48 Å². The molecule has 0 heterocycles. The molecule has 0 aromatic heterocycles. The summed E-state index contributed by atoms with van der Waals surface area (Å²) in [5.74, 6) is -5.93. The van der Waals surface area contributed by atoms with Gasteiger partial charge in [-0.25, -0.2) is 18.7 Å². The van der Waals surface area contributed by atoms with Gasteiger partial charge in [-0.05, 0) is 73.2 Å². The first-order valence-corrected chi connectivity index (χ1v) is 9.53. The first-order valence-electron chi connectivity index (χ1n) is 8.46. The highest BCUT2D eigenvalue weighted by Crippen LogP contribution is 2.30. The molecule has 0 aliphatic heterocycles. The number of carbonyl (C=O) groups is 1. The Balaban J connectivity index is 2.39. The van der Waals surface area contributed by atoms with Gasteiger partial charge in [-0.3, -0.25) is 9.63 Å². The molecule has 0 spiro atoms. The second-order valence-electron chi connectivity index (χ2n) is 6.83. The summed E-state index contributed by atoms with van der Waals surface area (Å²) in [5, 5.41) is 21.3. The van der Waals surface area contributed by atoms with Crippen molar-refractivity contribution in [3.63, 3.8) is 0 Å². The Morgan fingerprint density at radius 3 is 2.48 bits per heavy atom. The number of benzene rings is 2. The SMILES string of the molecule is Cc1cc(I)ccc1Nc1c(C(=O)NOC(C)(C)C(O)CO)cc(F)c(F)c1F. The van der Waals surface area contributed by atoms with E-state index >= 15 is 0 Å². The molecule has 4 N–H and O–H groups in total. The van der Waals surface area contributed by atoms with E-state index < -0.39 is 52.9 Å². The molecule has 1 unspecified atom stereocenters. The number of nitrogens with one attached hydrogen (secondary N) is 2. The average Bonchev–Trinajstić information content (AvgIpc) is 2.67. The minimum atomic E-state index is -1.73. The van der Waals surface area contributed by atoms with Gasteiger partial charge in [0.05, 0.1) is 17.9 Å². The van der Waals surface area contributed by atoms with Crippen molar-refractivity contribution in [2.75, 3.05) is 11.9 Å². The monoisotopic (exact) mass is 524 g/mol. The first-order chi connectivity index (χ1) is 13.5. The summed E-state index contributed by atoms with van der Waals surface area (Å²) in [6, 6.07) is 5.64. The van der Waals surface area contributed by atoms with Crippen molar-refractivity contribution in [1.29, 1.82) is 0 Å². The van der Waals surface area contributed by atoms with E-state index in [4.69, 9.17) is 9.94 Å². The van der Waals surface area contributed by atoms with E-state index in [1.165, 1.54) is 13.8 Å². The Hall–Kier alpha value is -1.89. The maximum atomic E-state index is 14.5. The molecular formula is C19H20F3IN2O4. The maximum Gasteiger partial charge on any atom is 0.277 e. The van der Waals surface area contributed by atoms with Crippen molar-refractivity contribution in [3.8, 4) is 0 Å². The molecule has 0 aliphatic carbocycles. The summed E-state index contributed by atoms with van der Waals surface area (Å²) in [5.41, 5.74) is 0.529. The molecule has 1 atom stereocenters. The molecule has 0 saturated heterocycles. The number of aliphatic hydroxyl groups excluding tert-OH is 2. The first kappa shape index (κ1) is 23.4. The van der Waals surface area contributed by atoms with E-state index in [-0.39, 0.29) is 0 Å². The van der Waals surface area contributed by atoms with E-state index in [1.54, 1.807) is 25.1 Å². The third-order valence-corrected chi connectivity index (χ3v) is 4.91. The molecule has 29 heavy (non-hydrogen) atoms. The van der Waals surface area contributed by atoms with Crippen LogP contribution in [0.5, 0.6) is 0 Å². The quantitative estimate of drug-likeness (QED) is 0.253. The third kappa shape index (κ3) is 5.38.